The summed E-state index contributed by atoms with van der Waals surface area (Å²) in [5.74, 6) is 0. The second-order valence-corrected chi connectivity index (χ2v) is 4.29. The molecule has 0 aliphatic heterocycles. The van der Waals surface area contributed by atoms with Crippen LogP contribution in [0.3, 0.4) is 0 Å². The number of halogens is 2. The Kier molecular flexibility index (Phi) is 5.87. The molecule has 1 N–H and O–H groups in total. The summed E-state index contributed by atoms with van der Waals surface area (Å²) in [4.78, 5) is 0. The van der Waals surface area contributed by atoms with Gasteiger partial charge in [-0.05, 0) is 19.9 Å². The lowest BCUT2D eigenvalue weighted by Gasteiger charge is -2.31. The predicted molar refractivity (Wildman–Crippen MR) is 60.8 cm³/mol. The van der Waals surface area contributed by atoms with Crippen molar-refractivity contribution in [1.82, 2.24) is 5.32 Å². The maximum absolute atomic E-state index is 5.76. The van der Waals surface area contributed by atoms with Crippen LogP contribution in [-0.4, -0.2) is 25.8 Å². The summed E-state index contributed by atoms with van der Waals surface area (Å²) in [6.45, 7) is 0.425. The van der Waals surface area contributed by atoms with Crippen molar-refractivity contribution < 1.29 is 4.74 Å². The summed E-state index contributed by atoms with van der Waals surface area (Å²) in [5.41, 5.74) is 1.36. The summed E-state index contributed by atoms with van der Waals surface area (Å²) >= 11 is 11.2. The van der Waals surface area contributed by atoms with Crippen molar-refractivity contribution in [3.63, 3.8) is 0 Å². The average molecular weight is 238 g/mol. The van der Waals surface area contributed by atoms with Gasteiger partial charge in [0.1, 0.15) is 0 Å². The molecule has 0 aromatic heterocycles. The Morgan fingerprint density at radius 2 is 2.21 bits per heavy atom. The van der Waals surface area contributed by atoms with Crippen LogP contribution in [0.5, 0.6) is 0 Å². The van der Waals surface area contributed by atoms with E-state index in [9.17, 15) is 0 Å². The highest BCUT2D eigenvalue weighted by molar-refractivity contribution is 6.36. The Balaban J connectivity index is 2.33. The maximum atomic E-state index is 5.76. The molecule has 0 aromatic rings. The molecule has 1 aliphatic carbocycles. The van der Waals surface area contributed by atoms with E-state index in [0.717, 1.165) is 6.42 Å². The van der Waals surface area contributed by atoms with Gasteiger partial charge in [-0.15, -0.1) is 0 Å². The van der Waals surface area contributed by atoms with Crippen molar-refractivity contribution in [2.75, 3.05) is 13.7 Å². The smallest absolute Gasteiger partial charge is 0.0836 e. The number of ether oxygens (including phenoxy) is 1. The lowest BCUT2D eigenvalue weighted by molar-refractivity contribution is 0.0218. The normalized spacial score (nSPS) is 29.2. The van der Waals surface area contributed by atoms with Gasteiger partial charge >= 0.3 is 0 Å². The van der Waals surface area contributed by atoms with Gasteiger partial charge in [0.05, 0.1) is 17.7 Å². The van der Waals surface area contributed by atoms with Gasteiger partial charge in [0.15, 0.2) is 0 Å². The predicted octanol–water partition coefficient (Wildman–Crippen LogP) is 2.85. The molecule has 0 radical (unpaired) electrons. The summed E-state index contributed by atoms with van der Waals surface area (Å²) in [7, 11) is 1.98. The molecule has 2 atom stereocenters. The molecular formula is C10H17Cl2NO. The topological polar surface area (TPSA) is 21.3 Å². The van der Waals surface area contributed by atoms with E-state index < -0.39 is 0 Å². The highest BCUT2D eigenvalue weighted by atomic mass is 35.5. The van der Waals surface area contributed by atoms with E-state index >= 15 is 0 Å². The molecule has 0 amide bonds. The first-order valence-electron chi connectivity index (χ1n) is 5.01. The zero-order valence-electron chi connectivity index (χ0n) is 8.43. The highest BCUT2D eigenvalue weighted by Crippen LogP contribution is 2.22. The fraction of sp³-hybridized carbons (Fsp3) is 0.800. The van der Waals surface area contributed by atoms with E-state index in [1.165, 1.54) is 24.8 Å². The standard InChI is InChI=1S/C10H17Cl2NO/c1-13-9-4-2-3-5-10(9)14-7-8(12)6-11/h6,9-10,13H,2-5,7H2,1H3. The zero-order chi connectivity index (χ0) is 10.4. The highest BCUT2D eigenvalue weighted by Gasteiger charge is 2.24. The van der Waals surface area contributed by atoms with Crippen LogP contribution in [0.2, 0.25) is 0 Å². The minimum atomic E-state index is 0.277. The van der Waals surface area contributed by atoms with Crippen molar-refractivity contribution in [2.24, 2.45) is 0 Å². The molecule has 2 unspecified atom stereocenters. The number of rotatable bonds is 4. The largest absolute Gasteiger partial charge is 0.371 e. The van der Waals surface area contributed by atoms with Crippen molar-refractivity contribution in [2.45, 2.75) is 37.8 Å². The van der Waals surface area contributed by atoms with E-state index in [2.05, 4.69) is 5.32 Å². The number of hydrogen-bond donors (Lipinski definition) is 1. The fourth-order valence-electron chi connectivity index (χ4n) is 1.84. The average Bonchev–Trinajstić information content (AvgIpc) is 2.26. The molecule has 2 nitrogen and oxygen atoms in total. The van der Waals surface area contributed by atoms with Gasteiger partial charge in [0, 0.05) is 11.6 Å². The van der Waals surface area contributed by atoms with Gasteiger partial charge in [-0.3, -0.25) is 0 Å². The van der Waals surface area contributed by atoms with E-state index in [-0.39, 0.29) is 6.10 Å². The van der Waals surface area contributed by atoms with Crippen LogP contribution in [0.1, 0.15) is 25.7 Å². The minimum Gasteiger partial charge on any atom is -0.371 e. The van der Waals surface area contributed by atoms with Crippen molar-refractivity contribution in [1.29, 1.82) is 0 Å². The molecule has 0 aromatic carbocycles. The summed E-state index contributed by atoms with van der Waals surface area (Å²) < 4.78 is 5.69. The molecule has 1 saturated carbocycles. The van der Waals surface area contributed by atoms with E-state index in [1.54, 1.807) is 0 Å². The van der Waals surface area contributed by atoms with E-state index in [1.807, 2.05) is 7.05 Å². The molecule has 0 bridgehead atoms. The van der Waals surface area contributed by atoms with Crippen molar-refractivity contribution in [3.05, 3.63) is 10.6 Å². The Morgan fingerprint density at radius 1 is 1.50 bits per heavy atom. The van der Waals surface area contributed by atoms with E-state index in [4.69, 9.17) is 27.9 Å². The Hall–Kier alpha value is 0.240. The lowest BCUT2D eigenvalue weighted by atomic mass is 9.92. The Bertz CT molecular complexity index is 197. The lowest BCUT2D eigenvalue weighted by Crippen LogP contribution is -2.41. The van der Waals surface area contributed by atoms with Crippen molar-refractivity contribution >= 4 is 23.2 Å². The quantitative estimate of drug-likeness (QED) is 0.813. The molecule has 1 aliphatic rings. The van der Waals surface area contributed by atoms with Gasteiger partial charge in [0.2, 0.25) is 0 Å². The first kappa shape index (κ1) is 12.3. The van der Waals surface area contributed by atoms with Gasteiger partial charge in [0.25, 0.3) is 0 Å². The van der Waals surface area contributed by atoms with Crippen LogP contribution in [-0.2, 0) is 4.74 Å². The molecule has 1 rings (SSSR count). The molecule has 1 fully saturated rings. The Labute approximate surface area is 95.6 Å². The third kappa shape index (κ3) is 3.77. The number of nitrogens with one attached hydrogen (secondary N) is 1. The van der Waals surface area contributed by atoms with Gasteiger partial charge in [-0.1, -0.05) is 36.0 Å². The third-order valence-corrected chi connectivity index (χ3v) is 3.22. The van der Waals surface area contributed by atoms with Crippen LogP contribution in [0.25, 0.3) is 0 Å². The first-order valence-corrected chi connectivity index (χ1v) is 5.83. The van der Waals surface area contributed by atoms with Crippen LogP contribution in [0, 0.1) is 0 Å². The molecule has 0 spiro atoms. The molecule has 14 heavy (non-hydrogen) atoms. The summed E-state index contributed by atoms with van der Waals surface area (Å²) in [6.07, 6.45) is 5.09. The molecule has 82 valence electrons. The number of hydrogen-bond acceptors (Lipinski definition) is 2. The number of likely N-dealkylation sites (N-methyl/N-ethyl adjacent to an activating group) is 1. The SMILES string of the molecule is CNC1CCCCC1OCC(Cl)=CCl. The molecule has 0 heterocycles. The van der Waals surface area contributed by atoms with E-state index in [0.29, 0.717) is 17.7 Å². The van der Waals surface area contributed by atoms with Crippen LogP contribution in [0.15, 0.2) is 10.6 Å². The second kappa shape index (κ2) is 6.67. The van der Waals surface area contributed by atoms with Crippen molar-refractivity contribution in [3.8, 4) is 0 Å². The third-order valence-electron chi connectivity index (χ3n) is 2.63. The minimum absolute atomic E-state index is 0.277. The first-order chi connectivity index (χ1) is 6.77. The van der Waals surface area contributed by atoms with Crippen LogP contribution in [0.4, 0.5) is 0 Å². The van der Waals surface area contributed by atoms with Gasteiger partial charge in [-0.2, -0.15) is 0 Å². The molecular weight excluding hydrogens is 221 g/mol. The zero-order valence-corrected chi connectivity index (χ0v) is 9.94. The Morgan fingerprint density at radius 3 is 2.86 bits per heavy atom. The summed E-state index contributed by atoms with van der Waals surface area (Å²) in [5, 5.41) is 3.84. The monoisotopic (exact) mass is 237 g/mol. The second-order valence-electron chi connectivity index (χ2n) is 3.59. The molecule has 0 saturated heterocycles. The maximum Gasteiger partial charge on any atom is 0.0836 e. The van der Waals surface area contributed by atoms with Crippen LogP contribution < -0.4 is 5.32 Å². The van der Waals surface area contributed by atoms with Gasteiger partial charge in [-0.25, -0.2) is 0 Å². The van der Waals surface area contributed by atoms with Crippen LogP contribution >= 0.6 is 23.2 Å². The van der Waals surface area contributed by atoms with Gasteiger partial charge < -0.3 is 10.1 Å². The fourth-order valence-corrected chi connectivity index (χ4v) is 1.97. The molecule has 4 heteroatoms. The summed E-state index contributed by atoms with van der Waals surface area (Å²) in [6, 6.07) is 0.462.